The molecule has 28 heavy (non-hydrogen) atoms. The molecule has 3 rings (SSSR count). The molecule has 1 saturated carbocycles. The number of nitrogens with zero attached hydrogens (tertiary/aromatic N) is 1. The number of furan rings is 1. The molecule has 152 valence electrons. The molecule has 1 N–H and O–H groups in total. The summed E-state index contributed by atoms with van der Waals surface area (Å²) in [5.74, 6) is 3.58. The number of hydrogen-bond acceptors (Lipinski definition) is 3. The molecule has 1 aromatic rings. The molecule has 2 aliphatic rings. The summed E-state index contributed by atoms with van der Waals surface area (Å²) >= 11 is 0. The van der Waals surface area contributed by atoms with E-state index < -0.39 is 0 Å². The number of likely N-dealkylation sites (tertiary alicyclic amines) is 1. The Labute approximate surface area is 168 Å². The second kappa shape index (κ2) is 9.82. The van der Waals surface area contributed by atoms with Crippen LogP contribution in [0.4, 0.5) is 0 Å². The second-order valence-electron chi connectivity index (χ2n) is 8.26. The fourth-order valence-corrected chi connectivity index (χ4v) is 4.66. The van der Waals surface area contributed by atoms with Crippen molar-refractivity contribution >= 4 is 11.8 Å². The molecular weight excluding hydrogens is 352 g/mol. The summed E-state index contributed by atoms with van der Waals surface area (Å²) in [6.07, 6.45) is 16.8. The summed E-state index contributed by atoms with van der Waals surface area (Å²) in [6.45, 7) is 1.49. The predicted octanol–water partition coefficient (Wildman–Crippen LogP) is 3.68. The van der Waals surface area contributed by atoms with E-state index in [0.717, 1.165) is 63.7 Å². The molecule has 2 heterocycles. The van der Waals surface area contributed by atoms with Gasteiger partial charge in [0, 0.05) is 37.4 Å². The molecule has 2 fully saturated rings. The van der Waals surface area contributed by atoms with Gasteiger partial charge in [0.1, 0.15) is 5.76 Å². The lowest BCUT2D eigenvalue weighted by Crippen LogP contribution is -2.59. The Morgan fingerprint density at radius 3 is 2.82 bits per heavy atom. The highest BCUT2D eigenvalue weighted by molar-refractivity contribution is 5.79. The normalized spacial score (nSPS) is 20.8. The topological polar surface area (TPSA) is 62.6 Å². The zero-order valence-electron chi connectivity index (χ0n) is 16.8. The monoisotopic (exact) mass is 384 g/mol. The maximum absolute atomic E-state index is 13.0. The van der Waals surface area contributed by atoms with Crippen molar-refractivity contribution in [2.24, 2.45) is 5.41 Å². The lowest BCUT2D eigenvalue weighted by Gasteiger charge is -2.53. The van der Waals surface area contributed by atoms with Crippen LogP contribution in [0.1, 0.15) is 70.0 Å². The smallest absolute Gasteiger partial charge is 0.230 e. The van der Waals surface area contributed by atoms with E-state index >= 15 is 0 Å². The molecule has 5 nitrogen and oxygen atoms in total. The van der Waals surface area contributed by atoms with Crippen LogP contribution in [-0.4, -0.2) is 35.8 Å². The van der Waals surface area contributed by atoms with Crippen LogP contribution in [0.15, 0.2) is 22.8 Å². The predicted molar refractivity (Wildman–Crippen MR) is 108 cm³/mol. The summed E-state index contributed by atoms with van der Waals surface area (Å²) < 4.78 is 5.37. The van der Waals surface area contributed by atoms with Crippen LogP contribution in [0.2, 0.25) is 0 Å². The van der Waals surface area contributed by atoms with Crippen molar-refractivity contribution in [2.75, 3.05) is 13.1 Å². The molecule has 0 bridgehead atoms. The van der Waals surface area contributed by atoms with E-state index in [1.54, 1.807) is 6.26 Å². The van der Waals surface area contributed by atoms with Gasteiger partial charge in [0.05, 0.1) is 12.7 Å². The van der Waals surface area contributed by atoms with Gasteiger partial charge in [-0.05, 0) is 57.1 Å². The number of carbonyl (C=O) groups excluding carboxylic acids is 2. The number of nitrogens with one attached hydrogen (secondary N) is 1. The Bertz CT molecular complexity index is 685. The van der Waals surface area contributed by atoms with E-state index in [2.05, 4.69) is 16.1 Å². The number of piperidine rings is 1. The van der Waals surface area contributed by atoms with Gasteiger partial charge < -0.3 is 14.6 Å². The largest absolute Gasteiger partial charge is 0.469 e. The molecule has 5 heteroatoms. The zero-order valence-corrected chi connectivity index (χ0v) is 16.8. The Hall–Kier alpha value is -2.22. The van der Waals surface area contributed by atoms with Gasteiger partial charge in [0.2, 0.25) is 11.8 Å². The van der Waals surface area contributed by atoms with Crippen molar-refractivity contribution < 1.29 is 14.0 Å². The molecule has 1 atom stereocenters. The first-order valence-electron chi connectivity index (χ1n) is 10.7. The van der Waals surface area contributed by atoms with E-state index in [4.69, 9.17) is 10.8 Å². The van der Waals surface area contributed by atoms with Gasteiger partial charge in [-0.15, -0.1) is 12.3 Å². The third-order valence-corrected chi connectivity index (χ3v) is 6.40. The van der Waals surface area contributed by atoms with Crippen molar-refractivity contribution in [1.29, 1.82) is 0 Å². The molecule has 0 spiro atoms. The highest BCUT2D eigenvalue weighted by atomic mass is 16.3. The molecule has 2 amide bonds. The van der Waals surface area contributed by atoms with Crippen molar-refractivity contribution in [1.82, 2.24) is 10.2 Å². The van der Waals surface area contributed by atoms with Crippen LogP contribution in [0.5, 0.6) is 0 Å². The van der Waals surface area contributed by atoms with Crippen LogP contribution in [0.3, 0.4) is 0 Å². The molecular formula is C23H32N2O3. The minimum Gasteiger partial charge on any atom is -0.469 e. The number of amides is 2. The van der Waals surface area contributed by atoms with Crippen molar-refractivity contribution in [3.8, 4) is 12.3 Å². The third-order valence-electron chi connectivity index (χ3n) is 6.40. The quantitative estimate of drug-likeness (QED) is 0.522. The number of carbonyl (C=O) groups is 2. The first kappa shape index (κ1) is 20.5. The van der Waals surface area contributed by atoms with Gasteiger partial charge in [-0.3, -0.25) is 9.59 Å². The zero-order chi connectivity index (χ0) is 19.8. The summed E-state index contributed by atoms with van der Waals surface area (Å²) in [5, 5.41) is 3.16. The van der Waals surface area contributed by atoms with Crippen molar-refractivity contribution in [2.45, 2.75) is 76.7 Å². The number of rotatable bonds is 9. The van der Waals surface area contributed by atoms with Gasteiger partial charge >= 0.3 is 0 Å². The Morgan fingerprint density at radius 1 is 1.29 bits per heavy atom. The molecule has 0 radical (unpaired) electrons. The van der Waals surface area contributed by atoms with Crippen LogP contribution >= 0.6 is 0 Å². The molecule has 0 aromatic carbocycles. The lowest BCUT2D eigenvalue weighted by atomic mass is 9.61. The highest BCUT2D eigenvalue weighted by Gasteiger charge is 2.48. The molecule has 1 aromatic heterocycles. The number of unbranched alkanes of at least 4 members (excludes halogenated alkanes) is 2. The lowest BCUT2D eigenvalue weighted by molar-refractivity contribution is -0.141. The minimum atomic E-state index is 0.0354. The number of hydrogen-bond donors (Lipinski definition) is 1. The standard InChI is InChI=1S/C23H32N2O3/c1-2-3-4-5-12-21(26)24-18-23(13-9-14-23)20-11-6-7-15-25(20)22(27)17-19-10-8-16-28-19/h1,8,10,16,20H,3-7,9,11-15,17-18H2,(H,24,26). The summed E-state index contributed by atoms with van der Waals surface area (Å²) in [7, 11) is 0. The average molecular weight is 385 g/mol. The van der Waals surface area contributed by atoms with Gasteiger partial charge in [0.25, 0.3) is 0 Å². The van der Waals surface area contributed by atoms with Crippen LogP contribution in [0.25, 0.3) is 0 Å². The fourth-order valence-electron chi connectivity index (χ4n) is 4.66. The molecule has 1 aliphatic heterocycles. The summed E-state index contributed by atoms with van der Waals surface area (Å²) in [5.41, 5.74) is 0.0354. The van der Waals surface area contributed by atoms with Gasteiger partial charge in [-0.25, -0.2) is 0 Å². The van der Waals surface area contributed by atoms with E-state index in [1.807, 2.05) is 12.1 Å². The van der Waals surface area contributed by atoms with Gasteiger partial charge in [0.15, 0.2) is 0 Å². The van der Waals surface area contributed by atoms with Gasteiger partial charge in [-0.2, -0.15) is 0 Å². The maximum atomic E-state index is 13.0. The van der Waals surface area contributed by atoms with Crippen LogP contribution in [0, 0.1) is 17.8 Å². The Morgan fingerprint density at radius 2 is 2.14 bits per heavy atom. The molecule has 1 saturated heterocycles. The van der Waals surface area contributed by atoms with E-state index in [-0.39, 0.29) is 23.3 Å². The first-order chi connectivity index (χ1) is 13.6. The molecule has 1 aliphatic carbocycles. The minimum absolute atomic E-state index is 0.0354. The van der Waals surface area contributed by atoms with E-state index in [1.165, 1.54) is 6.42 Å². The van der Waals surface area contributed by atoms with Crippen molar-refractivity contribution in [3.05, 3.63) is 24.2 Å². The first-order valence-corrected chi connectivity index (χ1v) is 10.7. The number of terminal acetylenes is 1. The highest BCUT2D eigenvalue weighted by Crippen LogP contribution is 2.48. The Kier molecular flexibility index (Phi) is 7.19. The average Bonchev–Trinajstić information content (AvgIpc) is 3.18. The SMILES string of the molecule is C#CCCCCC(=O)NCC1(C2CCCCN2C(=O)Cc2ccco2)CCC1. The van der Waals surface area contributed by atoms with E-state index in [9.17, 15) is 9.59 Å². The second-order valence-corrected chi connectivity index (χ2v) is 8.26. The third kappa shape index (κ3) is 4.98. The summed E-state index contributed by atoms with van der Waals surface area (Å²) in [4.78, 5) is 27.3. The Balaban J connectivity index is 1.58. The maximum Gasteiger partial charge on any atom is 0.230 e. The van der Waals surface area contributed by atoms with E-state index in [0.29, 0.717) is 19.4 Å². The van der Waals surface area contributed by atoms with Gasteiger partial charge in [-0.1, -0.05) is 6.42 Å². The molecule has 1 unspecified atom stereocenters. The summed E-state index contributed by atoms with van der Waals surface area (Å²) in [6, 6.07) is 3.90. The fraction of sp³-hybridized carbons (Fsp3) is 0.652. The van der Waals surface area contributed by atoms with Crippen molar-refractivity contribution in [3.63, 3.8) is 0 Å². The van der Waals surface area contributed by atoms with Crippen LogP contribution in [-0.2, 0) is 16.0 Å². The van der Waals surface area contributed by atoms with Crippen LogP contribution < -0.4 is 5.32 Å².